The van der Waals surface area contributed by atoms with Crippen LogP contribution in [0.3, 0.4) is 0 Å². The first kappa shape index (κ1) is 9.65. The second kappa shape index (κ2) is 3.35. The van der Waals surface area contributed by atoms with Gasteiger partial charge in [0.15, 0.2) is 0 Å². The molecule has 0 aliphatic heterocycles. The van der Waals surface area contributed by atoms with Gasteiger partial charge in [0.25, 0.3) is 0 Å². The normalized spacial score (nSPS) is 18.9. The molecule has 4 nitrogen and oxygen atoms in total. The van der Waals surface area contributed by atoms with E-state index in [1.807, 2.05) is 6.92 Å². The second-order valence-corrected chi connectivity index (χ2v) is 4.48. The van der Waals surface area contributed by atoms with E-state index in [2.05, 4.69) is 28.6 Å². The molecule has 0 amide bonds. The summed E-state index contributed by atoms with van der Waals surface area (Å²) in [5.41, 5.74) is 6.09. The van der Waals surface area contributed by atoms with Crippen molar-refractivity contribution in [1.29, 1.82) is 0 Å². The monoisotopic (exact) mass is 194 g/mol. The number of rotatable bonds is 3. The smallest absolute Gasteiger partial charge is 0.150 e. The highest BCUT2D eigenvalue weighted by molar-refractivity contribution is 5.05. The van der Waals surface area contributed by atoms with Crippen LogP contribution in [0.2, 0.25) is 0 Å². The number of aryl methyl sites for hydroxylation is 1. The van der Waals surface area contributed by atoms with Crippen LogP contribution < -0.4 is 5.73 Å². The summed E-state index contributed by atoms with van der Waals surface area (Å²) in [5, 5.41) is 8.30. The van der Waals surface area contributed by atoms with Gasteiger partial charge in [-0.3, -0.25) is 0 Å². The maximum absolute atomic E-state index is 6.09. The van der Waals surface area contributed by atoms with E-state index in [0.717, 1.165) is 11.6 Å². The molecule has 0 unspecified atom stereocenters. The van der Waals surface area contributed by atoms with Crippen LogP contribution in [0, 0.1) is 12.8 Å². The zero-order valence-electron chi connectivity index (χ0n) is 9.07. The number of hydrogen-bond donors (Lipinski definition) is 1. The molecule has 1 fully saturated rings. The summed E-state index contributed by atoms with van der Waals surface area (Å²) in [6.07, 6.45) is 2.49. The Hall–Kier alpha value is -0.900. The van der Waals surface area contributed by atoms with Gasteiger partial charge in [-0.15, -0.1) is 10.2 Å². The number of nitrogens with zero attached hydrogens (tertiary/aromatic N) is 3. The molecule has 1 saturated carbocycles. The molecule has 1 atom stereocenters. The van der Waals surface area contributed by atoms with Crippen molar-refractivity contribution in [1.82, 2.24) is 14.8 Å². The third-order valence-corrected chi connectivity index (χ3v) is 2.82. The first-order chi connectivity index (χ1) is 6.61. The van der Waals surface area contributed by atoms with Crippen molar-refractivity contribution >= 4 is 0 Å². The lowest BCUT2D eigenvalue weighted by Gasteiger charge is -2.16. The van der Waals surface area contributed by atoms with E-state index in [1.165, 1.54) is 12.8 Å². The molecule has 2 N–H and O–H groups in total. The summed E-state index contributed by atoms with van der Waals surface area (Å²) in [5.74, 6) is 2.37. The van der Waals surface area contributed by atoms with E-state index in [-0.39, 0.29) is 6.04 Å². The number of hydrogen-bond acceptors (Lipinski definition) is 3. The van der Waals surface area contributed by atoms with Gasteiger partial charge in [-0.25, -0.2) is 0 Å². The largest absolute Gasteiger partial charge is 0.321 e. The molecule has 14 heavy (non-hydrogen) atoms. The van der Waals surface area contributed by atoms with Gasteiger partial charge in [0.2, 0.25) is 0 Å². The highest BCUT2D eigenvalue weighted by Crippen LogP contribution is 2.37. The van der Waals surface area contributed by atoms with Gasteiger partial charge >= 0.3 is 0 Å². The average molecular weight is 194 g/mol. The molecule has 1 aromatic rings. The van der Waals surface area contributed by atoms with Gasteiger partial charge in [0.1, 0.15) is 11.6 Å². The van der Waals surface area contributed by atoms with E-state index in [4.69, 9.17) is 5.73 Å². The SMILES string of the molecule is Cc1nnc([C@@H](N)C(C)C)n1C1CC1. The van der Waals surface area contributed by atoms with E-state index in [9.17, 15) is 0 Å². The van der Waals surface area contributed by atoms with Crippen LogP contribution in [0.5, 0.6) is 0 Å². The summed E-state index contributed by atoms with van der Waals surface area (Å²) in [4.78, 5) is 0. The van der Waals surface area contributed by atoms with Crippen molar-refractivity contribution in [2.75, 3.05) is 0 Å². The average Bonchev–Trinajstić information content (AvgIpc) is 2.89. The topological polar surface area (TPSA) is 56.7 Å². The van der Waals surface area contributed by atoms with Gasteiger partial charge in [-0.2, -0.15) is 0 Å². The molecule has 1 heterocycles. The fraction of sp³-hybridized carbons (Fsp3) is 0.800. The molecular formula is C10H18N4. The van der Waals surface area contributed by atoms with Gasteiger partial charge < -0.3 is 10.3 Å². The second-order valence-electron chi connectivity index (χ2n) is 4.48. The Bertz CT molecular complexity index is 325. The maximum Gasteiger partial charge on any atom is 0.150 e. The Kier molecular flexibility index (Phi) is 2.31. The fourth-order valence-electron chi connectivity index (χ4n) is 1.70. The van der Waals surface area contributed by atoms with Crippen molar-refractivity contribution < 1.29 is 0 Å². The van der Waals surface area contributed by atoms with Crippen molar-refractivity contribution in [3.05, 3.63) is 11.6 Å². The van der Waals surface area contributed by atoms with Crippen LogP contribution >= 0.6 is 0 Å². The molecule has 2 rings (SSSR count). The molecular weight excluding hydrogens is 176 g/mol. The zero-order chi connectivity index (χ0) is 10.3. The standard InChI is InChI=1S/C10H18N4/c1-6(2)9(11)10-13-12-7(3)14(10)8-4-5-8/h6,8-9H,4-5,11H2,1-3H3/t9-/m0/s1. The molecule has 1 aliphatic rings. The molecule has 1 aromatic heterocycles. The van der Waals surface area contributed by atoms with Gasteiger partial charge in [-0.1, -0.05) is 13.8 Å². The van der Waals surface area contributed by atoms with E-state index in [1.54, 1.807) is 0 Å². The highest BCUT2D eigenvalue weighted by Gasteiger charge is 2.30. The third-order valence-electron chi connectivity index (χ3n) is 2.82. The van der Waals surface area contributed by atoms with E-state index < -0.39 is 0 Å². The summed E-state index contributed by atoms with van der Waals surface area (Å²) >= 11 is 0. The number of nitrogens with two attached hydrogens (primary N) is 1. The molecule has 0 radical (unpaired) electrons. The van der Waals surface area contributed by atoms with Crippen LogP contribution in [0.4, 0.5) is 0 Å². The van der Waals surface area contributed by atoms with Gasteiger partial charge in [0, 0.05) is 6.04 Å². The van der Waals surface area contributed by atoms with E-state index >= 15 is 0 Å². The Morgan fingerprint density at radius 1 is 1.36 bits per heavy atom. The molecule has 0 aromatic carbocycles. The summed E-state index contributed by atoms with van der Waals surface area (Å²) in [6, 6.07) is 0.626. The summed E-state index contributed by atoms with van der Waals surface area (Å²) in [6.45, 7) is 6.24. The van der Waals surface area contributed by atoms with Crippen LogP contribution in [-0.4, -0.2) is 14.8 Å². The minimum atomic E-state index is 0.0109. The predicted octanol–water partition coefficient (Wildman–Crippen LogP) is 1.58. The number of aromatic nitrogens is 3. The van der Waals surface area contributed by atoms with Crippen molar-refractivity contribution in [2.45, 2.75) is 45.7 Å². The Morgan fingerprint density at radius 2 is 2.00 bits per heavy atom. The Balaban J connectivity index is 2.32. The van der Waals surface area contributed by atoms with Crippen molar-refractivity contribution in [2.24, 2.45) is 11.7 Å². The Morgan fingerprint density at radius 3 is 2.50 bits per heavy atom. The molecule has 1 aliphatic carbocycles. The lowest BCUT2D eigenvalue weighted by atomic mass is 10.1. The van der Waals surface area contributed by atoms with Crippen LogP contribution in [0.25, 0.3) is 0 Å². The predicted molar refractivity (Wildman–Crippen MR) is 54.8 cm³/mol. The first-order valence-electron chi connectivity index (χ1n) is 5.28. The van der Waals surface area contributed by atoms with Crippen LogP contribution in [-0.2, 0) is 0 Å². The molecule has 0 saturated heterocycles. The van der Waals surface area contributed by atoms with Crippen molar-refractivity contribution in [3.63, 3.8) is 0 Å². The molecule has 0 spiro atoms. The first-order valence-corrected chi connectivity index (χ1v) is 5.28. The molecule has 4 heteroatoms. The quantitative estimate of drug-likeness (QED) is 0.794. The third kappa shape index (κ3) is 1.54. The van der Waals surface area contributed by atoms with Crippen LogP contribution in [0.15, 0.2) is 0 Å². The maximum atomic E-state index is 6.09. The van der Waals surface area contributed by atoms with Crippen molar-refractivity contribution in [3.8, 4) is 0 Å². The fourth-order valence-corrected chi connectivity index (χ4v) is 1.70. The highest BCUT2D eigenvalue weighted by atomic mass is 15.3. The lowest BCUT2D eigenvalue weighted by molar-refractivity contribution is 0.464. The zero-order valence-corrected chi connectivity index (χ0v) is 9.07. The van der Waals surface area contributed by atoms with E-state index in [0.29, 0.717) is 12.0 Å². The minimum absolute atomic E-state index is 0.0109. The minimum Gasteiger partial charge on any atom is -0.321 e. The summed E-state index contributed by atoms with van der Waals surface area (Å²) in [7, 11) is 0. The van der Waals surface area contributed by atoms with Gasteiger partial charge in [-0.05, 0) is 25.7 Å². The van der Waals surface area contributed by atoms with Crippen LogP contribution in [0.1, 0.15) is 50.4 Å². The summed E-state index contributed by atoms with van der Waals surface area (Å²) < 4.78 is 2.21. The lowest BCUT2D eigenvalue weighted by Crippen LogP contribution is -2.21. The van der Waals surface area contributed by atoms with Gasteiger partial charge in [0.05, 0.1) is 6.04 Å². The Labute approximate surface area is 84.5 Å². The molecule has 0 bridgehead atoms. The molecule has 78 valence electrons.